The van der Waals surface area contributed by atoms with E-state index in [2.05, 4.69) is 10.6 Å². The maximum absolute atomic E-state index is 14.1. The van der Waals surface area contributed by atoms with Gasteiger partial charge < -0.3 is 15.5 Å². The van der Waals surface area contributed by atoms with Crippen LogP contribution in [0.1, 0.15) is 39.1 Å². The van der Waals surface area contributed by atoms with E-state index < -0.39 is 11.9 Å². The highest BCUT2D eigenvalue weighted by Gasteiger charge is 2.34. The minimum atomic E-state index is -0.753. The Labute approximate surface area is 204 Å². The van der Waals surface area contributed by atoms with Crippen LogP contribution in [-0.2, 0) is 11.3 Å². The predicted molar refractivity (Wildman–Crippen MR) is 131 cm³/mol. The van der Waals surface area contributed by atoms with E-state index in [1.807, 2.05) is 36.4 Å². The number of carbonyl (C=O) groups is 3. The third-order valence-corrected chi connectivity index (χ3v) is 6.32. The number of nitrogens with one attached hydrogen (secondary N) is 2. The molecule has 0 aliphatic carbocycles. The quantitative estimate of drug-likeness (QED) is 0.548. The molecule has 6 nitrogen and oxygen atoms in total. The zero-order chi connectivity index (χ0) is 24.6. The second-order valence-corrected chi connectivity index (χ2v) is 8.63. The fourth-order valence-electron chi connectivity index (χ4n) is 4.35. The summed E-state index contributed by atoms with van der Waals surface area (Å²) in [6, 6.07) is 23.5. The molecule has 3 aromatic carbocycles. The highest BCUT2D eigenvalue weighted by atomic mass is 19.1. The number of hydrogen-bond donors (Lipinski definition) is 2. The van der Waals surface area contributed by atoms with Gasteiger partial charge in [-0.2, -0.15) is 0 Å². The van der Waals surface area contributed by atoms with Crippen LogP contribution in [-0.4, -0.2) is 41.8 Å². The molecule has 3 aromatic rings. The molecule has 180 valence electrons. The molecule has 4 rings (SSSR count). The Morgan fingerprint density at radius 1 is 0.857 bits per heavy atom. The Morgan fingerprint density at radius 3 is 2.11 bits per heavy atom. The Kier molecular flexibility index (Phi) is 7.88. The molecule has 35 heavy (non-hydrogen) atoms. The maximum atomic E-state index is 14.1. The predicted octanol–water partition coefficient (Wildman–Crippen LogP) is 3.79. The van der Waals surface area contributed by atoms with E-state index >= 15 is 0 Å². The lowest BCUT2D eigenvalue weighted by molar-refractivity contribution is -0.124. The summed E-state index contributed by atoms with van der Waals surface area (Å²) in [5, 5.41) is 5.85. The standard InChI is InChI=1S/C28H28FN3O3/c29-24-14-8-7-13-23(24)28(35)32-17-15-21(16-18-32)25(31-26(33)22-11-5-2-6-12-22)27(34)30-19-20-9-3-1-4-10-20/h1-14,21,25H,15-19H2,(H,30,34)(H,31,33)/t25-/m0/s1. The summed E-state index contributed by atoms with van der Waals surface area (Å²) < 4.78 is 14.1. The van der Waals surface area contributed by atoms with Crippen molar-refractivity contribution in [1.82, 2.24) is 15.5 Å². The van der Waals surface area contributed by atoms with Crippen LogP contribution in [0.5, 0.6) is 0 Å². The van der Waals surface area contributed by atoms with E-state index in [4.69, 9.17) is 0 Å². The van der Waals surface area contributed by atoms with E-state index in [-0.39, 0.29) is 29.2 Å². The molecule has 1 aliphatic rings. The lowest BCUT2D eigenvalue weighted by Gasteiger charge is -2.36. The number of benzene rings is 3. The number of halogens is 1. The number of piperidine rings is 1. The second kappa shape index (κ2) is 11.4. The van der Waals surface area contributed by atoms with Crippen LogP contribution in [0.3, 0.4) is 0 Å². The van der Waals surface area contributed by atoms with Gasteiger partial charge in [0.2, 0.25) is 5.91 Å². The van der Waals surface area contributed by atoms with E-state index in [1.165, 1.54) is 12.1 Å². The van der Waals surface area contributed by atoms with E-state index in [0.717, 1.165) is 5.56 Å². The lowest BCUT2D eigenvalue weighted by atomic mass is 9.88. The molecule has 1 fully saturated rings. The number of carbonyl (C=O) groups excluding carboxylic acids is 3. The number of rotatable bonds is 7. The normalized spacial score (nSPS) is 14.7. The molecule has 0 spiro atoms. The van der Waals surface area contributed by atoms with Crippen molar-refractivity contribution < 1.29 is 18.8 Å². The van der Waals surface area contributed by atoms with Gasteiger partial charge in [0.15, 0.2) is 0 Å². The van der Waals surface area contributed by atoms with Crippen molar-refractivity contribution >= 4 is 17.7 Å². The molecule has 7 heteroatoms. The molecule has 1 heterocycles. The van der Waals surface area contributed by atoms with Crippen molar-refractivity contribution in [3.63, 3.8) is 0 Å². The van der Waals surface area contributed by atoms with Crippen molar-refractivity contribution in [2.75, 3.05) is 13.1 Å². The van der Waals surface area contributed by atoms with Gasteiger partial charge in [-0.3, -0.25) is 14.4 Å². The average Bonchev–Trinajstić information content (AvgIpc) is 2.91. The zero-order valence-electron chi connectivity index (χ0n) is 19.3. The van der Waals surface area contributed by atoms with E-state index in [1.54, 1.807) is 41.3 Å². The first-order valence-electron chi connectivity index (χ1n) is 11.7. The van der Waals surface area contributed by atoms with Gasteiger partial charge in [0.05, 0.1) is 5.56 Å². The van der Waals surface area contributed by atoms with Gasteiger partial charge >= 0.3 is 0 Å². The Hall–Kier alpha value is -4.00. The summed E-state index contributed by atoms with van der Waals surface area (Å²) in [7, 11) is 0. The Morgan fingerprint density at radius 2 is 1.46 bits per heavy atom. The maximum Gasteiger partial charge on any atom is 0.256 e. The van der Waals surface area contributed by atoms with Crippen LogP contribution in [0.15, 0.2) is 84.9 Å². The minimum Gasteiger partial charge on any atom is -0.350 e. The first-order valence-corrected chi connectivity index (χ1v) is 11.7. The molecule has 3 amide bonds. The zero-order valence-corrected chi connectivity index (χ0v) is 19.3. The highest BCUT2D eigenvalue weighted by Crippen LogP contribution is 2.23. The van der Waals surface area contributed by atoms with Gasteiger partial charge in [0, 0.05) is 25.2 Å². The van der Waals surface area contributed by atoms with Crippen LogP contribution < -0.4 is 10.6 Å². The smallest absolute Gasteiger partial charge is 0.256 e. The summed E-state index contributed by atoms with van der Waals surface area (Å²) in [6.45, 7) is 1.10. The summed E-state index contributed by atoms with van der Waals surface area (Å²) >= 11 is 0. The van der Waals surface area contributed by atoms with Gasteiger partial charge in [-0.05, 0) is 48.6 Å². The molecule has 0 radical (unpaired) electrons. The van der Waals surface area contributed by atoms with Crippen molar-refractivity contribution in [3.05, 3.63) is 107 Å². The molecule has 2 N–H and O–H groups in total. The van der Waals surface area contributed by atoms with Crippen LogP contribution in [0.25, 0.3) is 0 Å². The molecule has 0 saturated carbocycles. The fraction of sp³-hybridized carbons (Fsp3) is 0.250. The largest absolute Gasteiger partial charge is 0.350 e. The van der Waals surface area contributed by atoms with Crippen LogP contribution in [0.4, 0.5) is 4.39 Å². The van der Waals surface area contributed by atoms with Gasteiger partial charge in [0.1, 0.15) is 11.9 Å². The summed E-state index contributed by atoms with van der Waals surface area (Å²) in [5.74, 6) is -1.66. The van der Waals surface area contributed by atoms with Crippen LogP contribution in [0.2, 0.25) is 0 Å². The topological polar surface area (TPSA) is 78.5 Å². The molecular formula is C28H28FN3O3. The number of amides is 3. The fourth-order valence-corrected chi connectivity index (χ4v) is 4.35. The van der Waals surface area contributed by atoms with Crippen molar-refractivity contribution in [3.8, 4) is 0 Å². The van der Waals surface area contributed by atoms with Crippen molar-refractivity contribution in [2.24, 2.45) is 5.92 Å². The monoisotopic (exact) mass is 473 g/mol. The van der Waals surface area contributed by atoms with Crippen LogP contribution >= 0.6 is 0 Å². The summed E-state index contributed by atoms with van der Waals surface area (Å²) in [5.41, 5.74) is 1.47. The average molecular weight is 474 g/mol. The highest BCUT2D eigenvalue weighted by molar-refractivity contribution is 5.97. The third kappa shape index (κ3) is 6.12. The first kappa shape index (κ1) is 24.1. The van der Waals surface area contributed by atoms with Gasteiger partial charge in [-0.1, -0.05) is 60.7 Å². The summed E-state index contributed by atoms with van der Waals surface area (Å²) in [4.78, 5) is 40.5. The molecule has 0 bridgehead atoms. The number of nitrogens with zero attached hydrogens (tertiary/aromatic N) is 1. The molecular weight excluding hydrogens is 445 g/mol. The van der Waals surface area contributed by atoms with Gasteiger partial charge in [-0.25, -0.2) is 4.39 Å². The Balaban J connectivity index is 1.44. The van der Waals surface area contributed by atoms with E-state index in [0.29, 0.717) is 38.0 Å². The van der Waals surface area contributed by atoms with Gasteiger partial charge in [-0.15, -0.1) is 0 Å². The molecule has 1 aliphatic heterocycles. The number of likely N-dealkylation sites (tertiary alicyclic amines) is 1. The van der Waals surface area contributed by atoms with Gasteiger partial charge in [0.25, 0.3) is 11.8 Å². The third-order valence-electron chi connectivity index (χ3n) is 6.32. The van der Waals surface area contributed by atoms with Crippen molar-refractivity contribution in [1.29, 1.82) is 0 Å². The molecule has 0 unspecified atom stereocenters. The first-order chi connectivity index (χ1) is 17.0. The SMILES string of the molecule is O=C(N[C@H](C(=O)NCc1ccccc1)C1CCN(C(=O)c2ccccc2F)CC1)c1ccccc1. The summed E-state index contributed by atoms with van der Waals surface area (Å²) in [6.07, 6.45) is 1.03. The van der Waals surface area contributed by atoms with Crippen molar-refractivity contribution in [2.45, 2.75) is 25.4 Å². The second-order valence-electron chi connectivity index (χ2n) is 8.63. The van der Waals surface area contributed by atoms with E-state index in [9.17, 15) is 18.8 Å². The number of hydrogen-bond acceptors (Lipinski definition) is 3. The van der Waals surface area contributed by atoms with Crippen LogP contribution in [0, 0.1) is 11.7 Å². The molecule has 1 saturated heterocycles. The lowest BCUT2D eigenvalue weighted by Crippen LogP contribution is -2.53. The molecule has 0 aromatic heterocycles. The Bertz CT molecular complexity index is 1160. The minimum absolute atomic E-state index is 0.0421. The molecule has 1 atom stereocenters.